The number of nitrogens with zero attached hydrogens (tertiary/aromatic N) is 3. The molecule has 0 radical (unpaired) electrons. The Balaban J connectivity index is 1.84. The van der Waals surface area contributed by atoms with E-state index in [1.165, 1.54) is 0 Å². The van der Waals surface area contributed by atoms with E-state index >= 15 is 0 Å². The van der Waals surface area contributed by atoms with Gasteiger partial charge in [-0.25, -0.2) is 4.98 Å². The lowest BCUT2D eigenvalue weighted by molar-refractivity contribution is -0.269. The van der Waals surface area contributed by atoms with E-state index in [1.54, 1.807) is 24.3 Å². The molecule has 2 aromatic rings. The molecular formula is C16H16F3N3OS. The maximum atomic E-state index is 13.8. The van der Waals surface area contributed by atoms with Crippen LogP contribution in [-0.2, 0) is 0 Å². The fourth-order valence-corrected chi connectivity index (χ4v) is 4.52. The third kappa shape index (κ3) is 2.16. The van der Waals surface area contributed by atoms with Crippen molar-refractivity contribution in [2.75, 3.05) is 5.01 Å². The van der Waals surface area contributed by atoms with Crippen LogP contribution in [-0.4, -0.2) is 27.7 Å². The molecule has 1 aromatic carbocycles. The molecule has 0 spiro atoms. The SMILES string of the molecule is C[C@@H]1CCC2=NN(c3nc4ccccc4s3)[C@](O)(C(F)(F)F)[C@H]2C1. The van der Waals surface area contributed by atoms with Crippen LogP contribution in [0.2, 0.25) is 0 Å². The van der Waals surface area contributed by atoms with Crippen molar-refractivity contribution in [1.29, 1.82) is 0 Å². The summed E-state index contributed by atoms with van der Waals surface area (Å²) in [7, 11) is 0. The molecule has 24 heavy (non-hydrogen) atoms. The summed E-state index contributed by atoms with van der Waals surface area (Å²) in [6.45, 7) is 1.91. The monoisotopic (exact) mass is 355 g/mol. The summed E-state index contributed by atoms with van der Waals surface area (Å²) < 4.78 is 42.3. The topological polar surface area (TPSA) is 48.7 Å². The number of hydrogen-bond donors (Lipinski definition) is 1. The first-order valence-electron chi connectivity index (χ1n) is 7.83. The predicted octanol–water partition coefficient (Wildman–Crippen LogP) is 4.16. The zero-order valence-corrected chi connectivity index (χ0v) is 13.7. The Labute approximate surface area is 140 Å². The summed E-state index contributed by atoms with van der Waals surface area (Å²) in [5.74, 6) is -0.911. The van der Waals surface area contributed by atoms with Crippen LogP contribution < -0.4 is 5.01 Å². The second-order valence-electron chi connectivity index (χ2n) is 6.52. The minimum Gasteiger partial charge on any atom is -0.362 e. The maximum absolute atomic E-state index is 13.8. The lowest BCUT2D eigenvalue weighted by atomic mass is 9.76. The normalized spacial score (nSPS) is 30.5. The van der Waals surface area contributed by atoms with E-state index < -0.39 is 17.8 Å². The van der Waals surface area contributed by atoms with Gasteiger partial charge in [-0.15, -0.1) is 0 Å². The van der Waals surface area contributed by atoms with E-state index in [-0.39, 0.29) is 17.5 Å². The van der Waals surface area contributed by atoms with Gasteiger partial charge in [0.15, 0.2) is 0 Å². The standard InChI is InChI=1S/C16H16F3N3OS/c1-9-6-7-11-10(8-9)15(23,16(17,18)19)22(21-11)14-20-12-4-2-3-5-13(12)24-14/h2-5,9-10,23H,6-8H2,1H3/t9-,10+,15-/m1/s1. The Morgan fingerprint density at radius 2 is 2.08 bits per heavy atom. The van der Waals surface area contributed by atoms with E-state index in [0.29, 0.717) is 22.7 Å². The fraction of sp³-hybridized carbons (Fsp3) is 0.500. The lowest BCUT2D eigenvalue weighted by Crippen LogP contribution is -2.60. The zero-order valence-electron chi connectivity index (χ0n) is 12.9. The van der Waals surface area contributed by atoms with Crippen LogP contribution in [0.25, 0.3) is 10.2 Å². The van der Waals surface area contributed by atoms with Crippen LogP contribution >= 0.6 is 11.3 Å². The summed E-state index contributed by atoms with van der Waals surface area (Å²) >= 11 is 1.11. The minimum atomic E-state index is -4.82. The average Bonchev–Trinajstić information content (AvgIpc) is 3.07. The predicted molar refractivity (Wildman–Crippen MR) is 87.0 cm³/mol. The molecule has 3 atom stereocenters. The molecule has 1 saturated carbocycles. The van der Waals surface area contributed by atoms with Crippen LogP contribution in [0.15, 0.2) is 29.4 Å². The molecule has 4 rings (SSSR count). The van der Waals surface area contributed by atoms with Gasteiger partial charge >= 0.3 is 6.18 Å². The molecule has 0 amide bonds. The molecule has 1 N–H and O–H groups in total. The second kappa shape index (κ2) is 5.16. The lowest BCUT2D eigenvalue weighted by Gasteiger charge is -2.39. The smallest absolute Gasteiger partial charge is 0.362 e. The van der Waals surface area contributed by atoms with Gasteiger partial charge < -0.3 is 5.11 Å². The molecule has 0 saturated heterocycles. The number of para-hydroxylation sites is 1. The van der Waals surface area contributed by atoms with Gasteiger partial charge in [0.25, 0.3) is 5.72 Å². The molecule has 128 valence electrons. The third-order valence-electron chi connectivity index (χ3n) is 4.85. The molecular weight excluding hydrogens is 339 g/mol. The van der Waals surface area contributed by atoms with E-state index in [1.807, 2.05) is 6.92 Å². The fourth-order valence-electron chi connectivity index (χ4n) is 3.55. The van der Waals surface area contributed by atoms with Crippen LogP contribution in [0.5, 0.6) is 0 Å². The van der Waals surface area contributed by atoms with Gasteiger partial charge in [-0.2, -0.15) is 23.3 Å². The first kappa shape index (κ1) is 15.8. The highest BCUT2D eigenvalue weighted by Crippen LogP contribution is 2.51. The second-order valence-corrected chi connectivity index (χ2v) is 7.53. The maximum Gasteiger partial charge on any atom is 0.439 e. The van der Waals surface area contributed by atoms with Gasteiger partial charge in [-0.1, -0.05) is 30.4 Å². The number of halogens is 3. The van der Waals surface area contributed by atoms with Crippen LogP contribution in [0, 0.1) is 11.8 Å². The summed E-state index contributed by atoms with van der Waals surface area (Å²) in [6.07, 6.45) is -3.28. The number of hydrazone groups is 1. The van der Waals surface area contributed by atoms with Gasteiger partial charge in [0.1, 0.15) is 0 Å². The van der Waals surface area contributed by atoms with Crippen molar-refractivity contribution in [2.45, 2.75) is 38.1 Å². The van der Waals surface area contributed by atoms with Crippen molar-refractivity contribution in [3.63, 3.8) is 0 Å². The largest absolute Gasteiger partial charge is 0.439 e. The summed E-state index contributed by atoms with van der Waals surface area (Å²) in [6, 6.07) is 7.11. The van der Waals surface area contributed by atoms with Crippen molar-refractivity contribution >= 4 is 32.4 Å². The van der Waals surface area contributed by atoms with Crippen LogP contribution in [0.4, 0.5) is 18.3 Å². The molecule has 0 bridgehead atoms. The zero-order chi connectivity index (χ0) is 17.1. The molecule has 1 aromatic heterocycles. The van der Waals surface area contributed by atoms with Crippen molar-refractivity contribution in [2.24, 2.45) is 16.9 Å². The molecule has 2 heterocycles. The molecule has 1 aliphatic carbocycles. The number of aromatic nitrogens is 1. The van der Waals surface area contributed by atoms with Gasteiger partial charge in [-0.3, -0.25) is 0 Å². The summed E-state index contributed by atoms with van der Waals surface area (Å²) in [5.41, 5.74) is -2.00. The van der Waals surface area contributed by atoms with E-state index in [0.717, 1.165) is 22.5 Å². The summed E-state index contributed by atoms with van der Waals surface area (Å²) in [4.78, 5) is 4.26. The average molecular weight is 355 g/mol. The Morgan fingerprint density at radius 1 is 1.33 bits per heavy atom. The van der Waals surface area contributed by atoms with Crippen molar-refractivity contribution < 1.29 is 18.3 Å². The highest BCUT2D eigenvalue weighted by atomic mass is 32.1. The van der Waals surface area contributed by atoms with Crippen molar-refractivity contribution in [1.82, 2.24) is 4.98 Å². The third-order valence-corrected chi connectivity index (χ3v) is 5.86. The number of anilines is 1. The van der Waals surface area contributed by atoms with Gasteiger partial charge in [0, 0.05) is 5.71 Å². The molecule has 1 fully saturated rings. The van der Waals surface area contributed by atoms with E-state index in [9.17, 15) is 18.3 Å². The quantitative estimate of drug-likeness (QED) is 0.836. The first-order chi connectivity index (χ1) is 11.3. The Kier molecular flexibility index (Phi) is 3.41. The van der Waals surface area contributed by atoms with Crippen LogP contribution in [0.1, 0.15) is 26.2 Å². The number of hydrogen-bond acceptors (Lipinski definition) is 5. The number of fused-ring (bicyclic) bond motifs is 2. The number of aliphatic hydroxyl groups is 1. The highest BCUT2D eigenvalue weighted by Gasteiger charge is 2.68. The summed E-state index contributed by atoms with van der Waals surface area (Å²) in [5, 5.41) is 15.7. The van der Waals surface area contributed by atoms with E-state index in [2.05, 4.69) is 10.1 Å². The molecule has 2 aliphatic rings. The number of thiazole rings is 1. The molecule has 0 unspecified atom stereocenters. The molecule has 1 aliphatic heterocycles. The number of alkyl halides is 3. The van der Waals surface area contributed by atoms with Crippen molar-refractivity contribution in [3.05, 3.63) is 24.3 Å². The van der Waals surface area contributed by atoms with Crippen molar-refractivity contribution in [3.8, 4) is 0 Å². The molecule has 4 nitrogen and oxygen atoms in total. The van der Waals surface area contributed by atoms with Gasteiger partial charge in [0.05, 0.1) is 16.1 Å². The Morgan fingerprint density at radius 3 is 2.79 bits per heavy atom. The van der Waals surface area contributed by atoms with Gasteiger partial charge in [0.2, 0.25) is 5.13 Å². The highest BCUT2D eigenvalue weighted by molar-refractivity contribution is 7.22. The van der Waals surface area contributed by atoms with Gasteiger partial charge in [-0.05, 0) is 37.3 Å². The number of benzene rings is 1. The molecule has 8 heteroatoms. The Hall–Kier alpha value is -1.67. The first-order valence-corrected chi connectivity index (χ1v) is 8.64. The minimum absolute atomic E-state index is 0.0746. The van der Waals surface area contributed by atoms with E-state index in [4.69, 9.17) is 0 Å². The van der Waals surface area contributed by atoms with Crippen LogP contribution in [0.3, 0.4) is 0 Å². The Bertz CT molecular complexity index is 785. The number of rotatable bonds is 1.